The van der Waals surface area contributed by atoms with Gasteiger partial charge in [-0.25, -0.2) is 8.42 Å². The van der Waals surface area contributed by atoms with Crippen LogP contribution >= 0.6 is 23.2 Å². The van der Waals surface area contributed by atoms with E-state index in [-0.39, 0.29) is 10.8 Å². The summed E-state index contributed by atoms with van der Waals surface area (Å²) in [6.07, 6.45) is 2.03. The number of hydrogen-bond donors (Lipinski definition) is 1. The molecule has 0 spiro atoms. The van der Waals surface area contributed by atoms with Crippen LogP contribution in [0.3, 0.4) is 0 Å². The summed E-state index contributed by atoms with van der Waals surface area (Å²) < 4.78 is 27.3. The molecule has 0 bridgehead atoms. The van der Waals surface area contributed by atoms with Gasteiger partial charge < -0.3 is 5.32 Å². The number of halogens is 2. The summed E-state index contributed by atoms with van der Waals surface area (Å²) in [6, 6.07) is 12.5. The molecular weight excluding hydrogens is 407 g/mol. The SMILES string of the molecule is O=C(NCc1cccc(Cl)c1)C1CCCCN1S(=O)(=O)c1ccc(Cl)cc1. The van der Waals surface area contributed by atoms with Crippen LogP contribution in [0.1, 0.15) is 24.8 Å². The number of amides is 1. The van der Waals surface area contributed by atoms with E-state index in [1.807, 2.05) is 12.1 Å². The number of carbonyl (C=O) groups excluding carboxylic acids is 1. The molecule has 2 aromatic carbocycles. The summed E-state index contributed by atoms with van der Waals surface area (Å²) in [4.78, 5) is 12.9. The molecule has 0 saturated carbocycles. The van der Waals surface area contributed by atoms with E-state index in [4.69, 9.17) is 23.2 Å². The van der Waals surface area contributed by atoms with E-state index >= 15 is 0 Å². The number of piperidine rings is 1. The fourth-order valence-corrected chi connectivity index (χ4v) is 5.15. The minimum absolute atomic E-state index is 0.140. The lowest BCUT2D eigenvalue weighted by Gasteiger charge is -2.33. The molecule has 1 aliphatic rings. The Bertz CT molecular complexity index is 917. The van der Waals surface area contributed by atoms with E-state index in [0.29, 0.717) is 29.6 Å². The first-order valence-electron chi connectivity index (χ1n) is 8.67. The van der Waals surface area contributed by atoms with Crippen LogP contribution in [-0.4, -0.2) is 31.2 Å². The molecule has 1 unspecified atom stereocenters. The number of rotatable bonds is 5. The molecule has 0 aromatic heterocycles. The van der Waals surface area contributed by atoms with Gasteiger partial charge in [0.05, 0.1) is 4.90 Å². The number of nitrogens with one attached hydrogen (secondary N) is 1. The van der Waals surface area contributed by atoms with Gasteiger partial charge in [-0.2, -0.15) is 4.31 Å². The van der Waals surface area contributed by atoms with Gasteiger partial charge in [-0.05, 0) is 54.8 Å². The van der Waals surface area contributed by atoms with Crippen LogP contribution in [0.4, 0.5) is 0 Å². The lowest BCUT2D eigenvalue weighted by atomic mass is 10.0. The lowest BCUT2D eigenvalue weighted by Crippen LogP contribution is -2.51. The molecule has 1 saturated heterocycles. The second-order valence-corrected chi connectivity index (χ2v) is 9.19. The van der Waals surface area contributed by atoms with Gasteiger partial charge in [-0.15, -0.1) is 0 Å². The highest BCUT2D eigenvalue weighted by Crippen LogP contribution is 2.26. The molecule has 1 heterocycles. The maximum atomic E-state index is 13.0. The van der Waals surface area contributed by atoms with E-state index in [9.17, 15) is 13.2 Å². The normalized spacial score (nSPS) is 18.2. The zero-order valence-electron chi connectivity index (χ0n) is 14.6. The van der Waals surface area contributed by atoms with E-state index in [2.05, 4.69) is 5.32 Å². The highest BCUT2D eigenvalue weighted by Gasteiger charge is 2.37. The minimum atomic E-state index is -3.77. The van der Waals surface area contributed by atoms with Crippen molar-refractivity contribution in [3.05, 3.63) is 64.1 Å². The number of hydrogen-bond acceptors (Lipinski definition) is 3. The van der Waals surface area contributed by atoms with E-state index in [1.54, 1.807) is 12.1 Å². The molecular formula is C19H20Cl2N2O3S. The van der Waals surface area contributed by atoms with Crippen LogP contribution in [0.15, 0.2) is 53.4 Å². The van der Waals surface area contributed by atoms with E-state index in [1.165, 1.54) is 28.6 Å². The molecule has 1 atom stereocenters. The van der Waals surface area contributed by atoms with Crippen molar-refractivity contribution in [2.24, 2.45) is 0 Å². The van der Waals surface area contributed by atoms with Gasteiger partial charge in [0, 0.05) is 23.1 Å². The minimum Gasteiger partial charge on any atom is -0.351 e. The van der Waals surface area contributed by atoms with Gasteiger partial charge in [0.25, 0.3) is 0 Å². The molecule has 1 aliphatic heterocycles. The highest BCUT2D eigenvalue weighted by atomic mass is 35.5. The molecule has 2 aromatic rings. The number of benzene rings is 2. The predicted octanol–water partition coefficient (Wildman–Crippen LogP) is 3.85. The molecule has 1 fully saturated rings. The van der Waals surface area contributed by atoms with Gasteiger partial charge in [0.2, 0.25) is 15.9 Å². The molecule has 27 heavy (non-hydrogen) atoms. The largest absolute Gasteiger partial charge is 0.351 e. The van der Waals surface area contributed by atoms with Crippen molar-refractivity contribution < 1.29 is 13.2 Å². The fraction of sp³-hybridized carbons (Fsp3) is 0.316. The summed E-state index contributed by atoms with van der Waals surface area (Å²) in [5.74, 6) is -0.299. The van der Waals surface area contributed by atoms with Crippen molar-refractivity contribution in [2.45, 2.75) is 36.7 Å². The molecule has 8 heteroatoms. The molecule has 0 aliphatic carbocycles. The third kappa shape index (κ3) is 4.82. The van der Waals surface area contributed by atoms with Gasteiger partial charge >= 0.3 is 0 Å². The average molecular weight is 427 g/mol. The number of nitrogens with zero attached hydrogens (tertiary/aromatic N) is 1. The lowest BCUT2D eigenvalue weighted by molar-refractivity contribution is -0.125. The Hall–Kier alpha value is -1.60. The molecule has 5 nitrogen and oxygen atoms in total. The summed E-state index contributed by atoms with van der Waals surface area (Å²) in [5.41, 5.74) is 0.860. The maximum absolute atomic E-state index is 13.0. The zero-order valence-corrected chi connectivity index (χ0v) is 16.9. The van der Waals surface area contributed by atoms with Crippen molar-refractivity contribution in [1.82, 2.24) is 9.62 Å². The van der Waals surface area contributed by atoms with Crippen molar-refractivity contribution >= 4 is 39.1 Å². The summed E-state index contributed by atoms with van der Waals surface area (Å²) in [7, 11) is -3.77. The Labute approximate surface area is 169 Å². The van der Waals surface area contributed by atoms with Gasteiger partial charge in [0.15, 0.2) is 0 Å². The van der Waals surface area contributed by atoms with Crippen LogP contribution in [0.2, 0.25) is 10.0 Å². The third-order valence-corrected chi connectivity index (χ3v) is 6.94. The highest BCUT2D eigenvalue weighted by molar-refractivity contribution is 7.89. The van der Waals surface area contributed by atoms with Crippen molar-refractivity contribution in [3.8, 4) is 0 Å². The van der Waals surface area contributed by atoms with Crippen molar-refractivity contribution in [2.75, 3.05) is 6.54 Å². The third-order valence-electron chi connectivity index (χ3n) is 4.53. The van der Waals surface area contributed by atoms with Gasteiger partial charge in [-0.1, -0.05) is 41.8 Å². The fourth-order valence-electron chi connectivity index (χ4n) is 3.15. The Kier molecular flexibility index (Phi) is 6.42. The quantitative estimate of drug-likeness (QED) is 0.788. The van der Waals surface area contributed by atoms with Crippen LogP contribution in [0, 0.1) is 0 Å². The van der Waals surface area contributed by atoms with Crippen molar-refractivity contribution in [1.29, 1.82) is 0 Å². The first-order chi connectivity index (χ1) is 12.9. The predicted molar refractivity (Wildman–Crippen MR) is 106 cm³/mol. The average Bonchev–Trinajstić information content (AvgIpc) is 2.66. The van der Waals surface area contributed by atoms with Crippen LogP contribution < -0.4 is 5.32 Å². The number of carbonyl (C=O) groups is 1. The maximum Gasteiger partial charge on any atom is 0.243 e. The first kappa shape index (κ1) is 20.1. The number of sulfonamides is 1. The molecule has 144 valence electrons. The topological polar surface area (TPSA) is 66.5 Å². The van der Waals surface area contributed by atoms with Crippen LogP contribution in [0.25, 0.3) is 0 Å². The Morgan fingerprint density at radius 3 is 2.52 bits per heavy atom. The van der Waals surface area contributed by atoms with Crippen LogP contribution in [-0.2, 0) is 21.4 Å². The molecule has 0 radical (unpaired) electrons. The van der Waals surface area contributed by atoms with E-state index in [0.717, 1.165) is 18.4 Å². The standard InChI is InChI=1S/C19H20Cl2N2O3S/c20-15-7-9-17(10-8-15)27(25,26)23-11-2-1-6-18(23)19(24)22-13-14-4-3-5-16(21)12-14/h3-5,7-10,12,18H,1-2,6,11,13H2,(H,22,24). The summed E-state index contributed by atoms with van der Waals surface area (Å²) >= 11 is 11.8. The second kappa shape index (κ2) is 8.61. The van der Waals surface area contributed by atoms with Gasteiger partial charge in [0.1, 0.15) is 6.04 Å². The Morgan fingerprint density at radius 1 is 1.07 bits per heavy atom. The summed E-state index contributed by atoms with van der Waals surface area (Å²) in [6.45, 7) is 0.616. The first-order valence-corrected chi connectivity index (χ1v) is 10.9. The summed E-state index contributed by atoms with van der Waals surface area (Å²) in [5, 5.41) is 3.88. The molecule has 1 N–H and O–H groups in total. The zero-order chi connectivity index (χ0) is 19.4. The second-order valence-electron chi connectivity index (χ2n) is 6.43. The molecule has 3 rings (SSSR count). The Balaban J connectivity index is 1.76. The van der Waals surface area contributed by atoms with Crippen molar-refractivity contribution in [3.63, 3.8) is 0 Å². The smallest absolute Gasteiger partial charge is 0.243 e. The molecule has 1 amide bonds. The van der Waals surface area contributed by atoms with Gasteiger partial charge in [-0.3, -0.25) is 4.79 Å². The van der Waals surface area contributed by atoms with Crippen LogP contribution in [0.5, 0.6) is 0 Å². The monoisotopic (exact) mass is 426 g/mol. The Morgan fingerprint density at radius 2 is 1.81 bits per heavy atom. The van der Waals surface area contributed by atoms with E-state index < -0.39 is 16.1 Å².